The maximum absolute atomic E-state index is 12.3. The number of aryl methyl sites for hydroxylation is 1. The summed E-state index contributed by atoms with van der Waals surface area (Å²) in [5, 5.41) is 10.7. The van der Waals surface area contributed by atoms with Crippen molar-refractivity contribution in [2.75, 3.05) is 31.7 Å². The van der Waals surface area contributed by atoms with E-state index in [9.17, 15) is 4.79 Å². The number of nitrogens with zero attached hydrogens (tertiary/aromatic N) is 2. The van der Waals surface area contributed by atoms with Crippen LogP contribution in [0, 0.1) is 6.92 Å². The Labute approximate surface area is 182 Å². The van der Waals surface area contributed by atoms with Crippen molar-refractivity contribution in [2.45, 2.75) is 25.8 Å². The predicted molar refractivity (Wildman–Crippen MR) is 121 cm³/mol. The molecule has 1 amide bonds. The summed E-state index contributed by atoms with van der Waals surface area (Å²) in [4.78, 5) is 14.5. The molecule has 1 aliphatic heterocycles. The molecule has 1 fully saturated rings. The van der Waals surface area contributed by atoms with Crippen molar-refractivity contribution in [1.29, 1.82) is 0 Å². The van der Waals surface area contributed by atoms with Crippen molar-refractivity contribution in [3.8, 4) is 22.8 Å². The Balaban J connectivity index is 1.25. The van der Waals surface area contributed by atoms with Crippen molar-refractivity contribution in [1.82, 2.24) is 15.5 Å². The van der Waals surface area contributed by atoms with Crippen LogP contribution < -0.4 is 19.7 Å². The molecule has 1 saturated heterocycles. The summed E-state index contributed by atoms with van der Waals surface area (Å²) in [7, 11) is 1.66. The molecule has 2 heterocycles. The van der Waals surface area contributed by atoms with E-state index in [2.05, 4.69) is 26.5 Å². The standard InChI is InChI=1S/C24H28N4O3/c1-17-4-3-5-21(14-17)31-16-24(29)25-19-10-12-28(13-11-19)23-15-22(26-27-23)18-6-8-20(30-2)9-7-18/h3-9,14-15,19H,10-13,16H2,1-2H3,(H,25,29)(H,26,27). The van der Waals surface area contributed by atoms with Crippen LogP contribution in [0.15, 0.2) is 54.6 Å². The lowest BCUT2D eigenvalue weighted by atomic mass is 10.0. The van der Waals surface area contributed by atoms with Gasteiger partial charge in [0.1, 0.15) is 11.5 Å². The first-order valence-corrected chi connectivity index (χ1v) is 10.5. The van der Waals surface area contributed by atoms with Gasteiger partial charge in [-0.25, -0.2) is 0 Å². The van der Waals surface area contributed by atoms with Gasteiger partial charge in [-0.05, 0) is 67.3 Å². The minimum absolute atomic E-state index is 0.0360. The summed E-state index contributed by atoms with van der Waals surface area (Å²) in [6.45, 7) is 3.72. The molecule has 0 spiro atoms. The fourth-order valence-corrected chi connectivity index (χ4v) is 3.77. The number of carbonyl (C=O) groups is 1. The van der Waals surface area contributed by atoms with Gasteiger partial charge >= 0.3 is 0 Å². The molecular formula is C24H28N4O3. The molecule has 1 aromatic heterocycles. The molecule has 7 heteroatoms. The molecule has 7 nitrogen and oxygen atoms in total. The number of anilines is 1. The van der Waals surface area contributed by atoms with Crippen LogP contribution in [0.25, 0.3) is 11.3 Å². The predicted octanol–water partition coefficient (Wildman–Crippen LogP) is 3.56. The summed E-state index contributed by atoms with van der Waals surface area (Å²) in [6.07, 6.45) is 1.75. The van der Waals surface area contributed by atoms with Crippen molar-refractivity contribution in [2.24, 2.45) is 0 Å². The fraction of sp³-hybridized carbons (Fsp3) is 0.333. The van der Waals surface area contributed by atoms with Crippen molar-refractivity contribution in [3.63, 3.8) is 0 Å². The van der Waals surface area contributed by atoms with Crippen LogP contribution in [0.4, 0.5) is 5.82 Å². The van der Waals surface area contributed by atoms with E-state index in [0.717, 1.165) is 60.1 Å². The molecule has 1 aliphatic rings. The number of rotatable bonds is 7. The number of aromatic nitrogens is 2. The Morgan fingerprint density at radius 3 is 2.61 bits per heavy atom. The number of nitrogens with one attached hydrogen (secondary N) is 2. The summed E-state index contributed by atoms with van der Waals surface area (Å²) >= 11 is 0. The third kappa shape index (κ3) is 5.36. The minimum Gasteiger partial charge on any atom is -0.497 e. The van der Waals surface area contributed by atoms with E-state index in [4.69, 9.17) is 9.47 Å². The fourth-order valence-electron chi connectivity index (χ4n) is 3.77. The van der Waals surface area contributed by atoms with Gasteiger partial charge in [-0.3, -0.25) is 9.89 Å². The number of benzene rings is 2. The third-order valence-electron chi connectivity index (χ3n) is 5.51. The summed E-state index contributed by atoms with van der Waals surface area (Å²) < 4.78 is 10.8. The van der Waals surface area contributed by atoms with Crippen molar-refractivity contribution in [3.05, 3.63) is 60.2 Å². The first-order chi connectivity index (χ1) is 15.1. The number of hydrogen-bond donors (Lipinski definition) is 2. The maximum Gasteiger partial charge on any atom is 0.258 e. The van der Waals surface area contributed by atoms with Gasteiger partial charge in [0.2, 0.25) is 0 Å². The monoisotopic (exact) mass is 420 g/mol. The average molecular weight is 421 g/mol. The highest BCUT2D eigenvalue weighted by molar-refractivity contribution is 5.77. The second-order valence-corrected chi connectivity index (χ2v) is 7.80. The number of ether oxygens (including phenoxy) is 2. The molecule has 0 unspecified atom stereocenters. The van der Waals surface area contributed by atoms with E-state index < -0.39 is 0 Å². The Morgan fingerprint density at radius 2 is 1.90 bits per heavy atom. The van der Waals surface area contributed by atoms with Gasteiger partial charge in [0.15, 0.2) is 12.4 Å². The number of piperidine rings is 1. The van der Waals surface area contributed by atoms with E-state index in [1.54, 1.807) is 7.11 Å². The number of carbonyl (C=O) groups excluding carboxylic acids is 1. The van der Waals surface area contributed by atoms with Crippen LogP contribution in [-0.2, 0) is 4.79 Å². The van der Waals surface area contributed by atoms with E-state index in [0.29, 0.717) is 0 Å². The molecular weight excluding hydrogens is 392 g/mol. The molecule has 162 valence electrons. The minimum atomic E-state index is -0.0819. The summed E-state index contributed by atoms with van der Waals surface area (Å²) in [6, 6.07) is 17.8. The van der Waals surface area contributed by atoms with Gasteiger partial charge in [0.05, 0.1) is 12.8 Å². The zero-order chi connectivity index (χ0) is 21.6. The van der Waals surface area contributed by atoms with Crippen molar-refractivity contribution >= 4 is 11.7 Å². The largest absolute Gasteiger partial charge is 0.497 e. The normalized spacial score (nSPS) is 14.3. The lowest BCUT2D eigenvalue weighted by Crippen LogP contribution is -2.46. The Hall–Kier alpha value is -3.48. The van der Waals surface area contributed by atoms with E-state index >= 15 is 0 Å². The first-order valence-electron chi connectivity index (χ1n) is 10.5. The van der Waals surface area contributed by atoms with Crippen LogP contribution >= 0.6 is 0 Å². The molecule has 0 bridgehead atoms. The smallest absolute Gasteiger partial charge is 0.258 e. The second-order valence-electron chi connectivity index (χ2n) is 7.80. The SMILES string of the molecule is COc1ccc(-c2cc(N3CCC(NC(=O)COc4cccc(C)c4)CC3)n[nH]2)cc1. The first kappa shape index (κ1) is 20.8. The Kier molecular flexibility index (Phi) is 6.40. The van der Waals surface area contributed by atoms with Crippen LogP contribution in [-0.4, -0.2) is 49.0 Å². The average Bonchev–Trinajstić information content (AvgIpc) is 3.29. The highest BCUT2D eigenvalue weighted by Gasteiger charge is 2.22. The van der Waals surface area contributed by atoms with Gasteiger partial charge in [0, 0.05) is 25.2 Å². The van der Waals surface area contributed by atoms with E-state index in [1.807, 2.05) is 55.5 Å². The third-order valence-corrected chi connectivity index (χ3v) is 5.51. The molecule has 2 N–H and O–H groups in total. The Morgan fingerprint density at radius 1 is 1.13 bits per heavy atom. The topological polar surface area (TPSA) is 79.5 Å². The van der Waals surface area contributed by atoms with Crippen LogP contribution in [0.2, 0.25) is 0 Å². The summed E-state index contributed by atoms with van der Waals surface area (Å²) in [5.74, 6) is 2.40. The second kappa shape index (κ2) is 9.55. The quantitative estimate of drug-likeness (QED) is 0.611. The lowest BCUT2D eigenvalue weighted by Gasteiger charge is -2.32. The zero-order valence-corrected chi connectivity index (χ0v) is 17.9. The maximum atomic E-state index is 12.3. The summed E-state index contributed by atoms with van der Waals surface area (Å²) in [5.41, 5.74) is 3.15. The number of amides is 1. The number of aromatic amines is 1. The Bertz CT molecular complexity index is 1010. The highest BCUT2D eigenvalue weighted by Crippen LogP contribution is 2.25. The van der Waals surface area contributed by atoms with Gasteiger partial charge < -0.3 is 19.7 Å². The molecule has 0 atom stereocenters. The zero-order valence-electron chi connectivity index (χ0n) is 17.9. The van der Waals surface area contributed by atoms with Crippen LogP contribution in [0.5, 0.6) is 11.5 Å². The molecule has 31 heavy (non-hydrogen) atoms. The van der Waals surface area contributed by atoms with Gasteiger partial charge in [0.25, 0.3) is 5.91 Å². The molecule has 2 aromatic carbocycles. The molecule has 0 aliphatic carbocycles. The van der Waals surface area contributed by atoms with Crippen molar-refractivity contribution < 1.29 is 14.3 Å². The van der Waals surface area contributed by atoms with Crippen LogP contribution in [0.3, 0.4) is 0 Å². The van der Waals surface area contributed by atoms with Gasteiger partial charge in [-0.1, -0.05) is 12.1 Å². The lowest BCUT2D eigenvalue weighted by molar-refractivity contribution is -0.123. The molecule has 0 radical (unpaired) electrons. The highest BCUT2D eigenvalue weighted by atomic mass is 16.5. The number of methoxy groups -OCH3 is 1. The molecule has 4 rings (SSSR count). The van der Waals surface area contributed by atoms with E-state index in [1.165, 1.54) is 0 Å². The van der Waals surface area contributed by atoms with Crippen LogP contribution in [0.1, 0.15) is 18.4 Å². The number of H-pyrrole nitrogens is 1. The molecule has 3 aromatic rings. The number of hydrogen-bond acceptors (Lipinski definition) is 5. The van der Waals surface area contributed by atoms with Gasteiger partial charge in [-0.2, -0.15) is 5.10 Å². The molecule has 0 saturated carbocycles. The van der Waals surface area contributed by atoms with Gasteiger partial charge in [-0.15, -0.1) is 0 Å². The van der Waals surface area contributed by atoms with E-state index in [-0.39, 0.29) is 18.6 Å².